The smallest absolute Gasteiger partial charge is 0.264 e. The molecule has 1 N–H and O–H groups in total. The molecule has 0 fully saturated rings. The van der Waals surface area contributed by atoms with E-state index in [-0.39, 0.29) is 16.5 Å². The highest BCUT2D eigenvalue weighted by atomic mass is 32.2. The lowest BCUT2D eigenvalue weighted by Gasteiger charge is -2.26. The maximum Gasteiger partial charge on any atom is 0.264 e. The molecule has 1 amide bonds. The second-order valence-corrected chi connectivity index (χ2v) is 9.34. The molecule has 1 atom stereocenters. The highest BCUT2D eigenvalue weighted by molar-refractivity contribution is 7.92. The fraction of sp³-hybridized carbons (Fsp3) is 0.240. The Balaban J connectivity index is 1.90. The summed E-state index contributed by atoms with van der Waals surface area (Å²) >= 11 is 0. The van der Waals surface area contributed by atoms with E-state index < -0.39 is 22.5 Å². The first-order valence-corrected chi connectivity index (χ1v) is 11.9. The van der Waals surface area contributed by atoms with Crippen molar-refractivity contribution in [1.82, 2.24) is 5.32 Å². The van der Waals surface area contributed by atoms with E-state index in [0.29, 0.717) is 18.0 Å². The molecule has 0 aromatic heterocycles. The molecule has 174 valence electrons. The molecule has 7 nitrogen and oxygen atoms in total. The number of amides is 1. The van der Waals surface area contributed by atoms with E-state index in [4.69, 9.17) is 9.47 Å². The molecule has 0 saturated heterocycles. The molecule has 3 aromatic rings. The van der Waals surface area contributed by atoms with Crippen molar-refractivity contribution >= 4 is 21.6 Å². The Kier molecular flexibility index (Phi) is 7.95. The second-order valence-electron chi connectivity index (χ2n) is 7.48. The number of hydrogen-bond donors (Lipinski definition) is 1. The van der Waals surface area contributed by atoms with Gasteiger partial charge < -0.3 is 14.8 Å². The van der Waals surface area contributed by atoms with Crippen LogP contribution < -0.4 is 19.1 Å². The lowest BCUT2D eigenvalue weighted by molar-refractivity contribution is -0.119. The largest absolute Gasteiger partial charge is 0.497 e. The summed E-state index contributed by atoms with van der Waals surface area (Å²) in [4.78, 5) is 13.0. The minimum atomic E-state index is -4.06. The maximum absolute atomic E-state index is 13.5. The van der Waals surface area contributed by atoms with E-state index in [1.54, 1.807) is 36.4 Å². The van der Waals surface area contributed by atoms with Gasteiger partial charge in [0.1, 0.15) is 18.0 Å². The number of benzene rings is 3. The number of methoxy groups -OCH3 is 2. The Labute approximate surface area is 195 Å². The Hall–Kier alpha value is -3.52. The third kappa shape index (κ3) is 5.84. The third-order valence-corrected chi connectivity index (χ3v) is 7.02. The number of hydrogen-bond acceptors (Lipinski definition) is 5. The maximum atomic E-state index is 13.5. The first kappa shape index (κ1) is 24.1. The highest BCUT2D eigenvalue weighted by Crippen LogP contribution is 2.35. The van der Waals surface area contributed by atoms with Crippen molar-refractivity contribution < 1.29 is 22.7 Å². The molecule has 0 radical (unpaired) electrons. The van der Waals surface area contributed by atoms with Crippen molar-refractivity contribution in [1.29, 1.82) is 0 Å². The zero-order valence-electron chi connectivity index (χ0n) is 18.9. The number of nitrogens with zero attached hydrogens (tertiary/aromatic N) is 1. The number of anilines is 1. The summed E-state index contributed by atoms with van der Waals surface area (Å²) in [7, 11) is -1.13. The van der Waals surface area contributed by atoms with Crippen molar-refractivity contribution in [3.63, 3.8) is 0 Å². The van der Waals surface area contributed by atoms with Gasteiger partial charge >= 0.3 is 0 Å². The standard InChI is InChI=1S/C25H28N2O5S/c1-19(20-10-6-4-7-11-20)17-26-25(28)18-27(33(29,30)22-12-8-5-9-13-22)23-16-21(31-2)14-15-24(23)32-3/h4-16,19H,17-18H2,1-3H3,(H,26,28). The van der Waals surface area contributed by atoms with Crippen molar-refractivity contribution in [3.8, 4) is 11.5 Å². The molecule has 0 aliphatic heterocycles. The summed E-state index contributed by atoms with van der Waals surface area (Å²) in [5.74, 6) is 0.390. The first-order valence-electron chi connectivity index (χ1n) is 10.5. The summed E-state index contributed by atoms with van der Waals surface area (Å²) in [6, 6.07) is 22.6. The van der Waals surface area contributed by atoms with Crippen molar-refractivity contribution in [2.75, 3.05) is 31.6 Å². The summed E-state index contributed by atoms with van der Waals surface area (Å²) in [6.45, 7) is 1.96. The van der Waals surface area contributed by atoms with Gasteiger partial charge in [0.2, 0.25) is 5.91 Å². The molecule has 3 aromatic carbocycles. The third-order valence-electron chi connectivity index (χ3n) is 5.25. The van der Waals surface area contributed by atoms with Crippen LogP contribution in [0.5, 0.6) is 11.5 Å². The van der Waals surface area contributed by atoms with Gasteiger partial charge in [-0.2, -0.15) is 0 Å². The number of ether oxygens (including phenoxy) is 2. The van der Waals surface area contributed by atoms with Gasteiger partial charge in [-0.05, 0) is 35.7 Å². The lowest BCUT2D eigenvalue weighted by atomic mass is 10.0. The predicted molar refractivity (Wildman–Crippen MR) is 128 cm³/mol. The van der Waals surface area contributed by atoms with Crippen LogP contribution in [0.2, 0.25) is 0 Å². The monoisotopic (exact) mass is 468 g/mol. The van der Waals surface area contributed by atoms with E-state index in [1.807, 2.05) is 37.3 Å². The van der Waals surface area contributed by atoms with Crippen molar-refractivity contribution in [2.45, 2.75) is 17.7 Å². The summed E-state index contributed by atoms with van der Waals surface area (Å²) in [5.41, 5.74) is 1.30. The van der Waals surface area contributed by atoms with Gasteiger partial charge in [0.15, 0.2) is 0 Å². The van der Waals surface area contributed by atoms with Gasteiger partial charge in [0.05, 0.1) is 24.8 Å². The van der Waals surface area contributed by atoms with Gasteiger partial charge in [0.25, 0.3) is 10.0 Å². The van der Waals surface area contributed by atoms with Crippen molar-refractivity contribution in [2.24, 2.45) is 0 Å². The fourth-order valence-corrected chi connectivity index (χ4v) is 4.81. The normalized spacial score (nSPS) is 12.0. The van der Waals surface area contributed by atoms with E-state index >= 15 is 0 Å². The molecular weight excluding hydrogens is 440 g/mol. The van der Waals surface area contributed by atoms with Gasteiger partial charge in [0, 0.05) is 12.6 Å². The minimum Gasteiger partial charge on any atom is -0.497 e. The minimum absolute atomic E-state index is 0.0697. The number of nitrogens with one attached hydrogen (secondary N) is 1. The zero-order valence-corrected chi connectivity index (χ0v) is 19.7. The van der Waals surface area contributed by atoms with Crippen LogP contribution in [0.3, 0.4) is 0 Å². The Morgan fingerprint density at radius 3 is 2.18 bits per heavy atom. The molecule has 0 saturated carbocycles. The Morgan fingerprint density at radius 2 is 1.58 bits per heavy atom. The van der Waals surface area contributed by atoms with Crippen LogP contribution in [-0.2, 0) is 14.8 Å². The van der Waals surface area contributed by atoms with Gasteiger partial charge in [-0.15, -0.1) is 0 Å². The van der Waals surface area contributed by atoms with Gasteiger partial charge in [-0.25, -0.2) is 8.42 Å². The van der Waals surface area contributed by atoms with E-state index in [1.165, 1.54) is 26.4 Å². The predicted octanol–water partition coefficient (Wildman–Crippen LogP) is 3.82. The molecule has 0 heterocycles. The first-order chi connectivity index (χ1) is 15.9. The average molecular weight is 469 g/mol. The molecule has 33 heavy (non-hydrogen) atoms. The van der Waals surface area contributed by atoms with Crippen LogP contribution in [0, 0.1) is 0 Å². The van der Waals surface area contributed by atoms with Gasteiger partial charge in [-0.3, -0.25) is 9.10 Å². The number of sulfonamides is 1. The quantitative estimate of drug-likeness (QED) is 0.489. The SMILES string of the molecule is COc1ccc(OC)c(N(CC(=O)NCC(C)c2ccccc2)S(=O)(=O)c2ccccc2)c1. The summed E-state index contributed by atoms with van der Waals surface area (Å²) < 4.78 is 38.8. The molecular formula is C25H28N2O5S. The molecule has 0 aliphatic rings. The number of carbonyl (C=O) groups excluding carboxylic acids is 1. The summed E-state index contributed by atoms with van der Waals surface area (Å²) in [5, 5.41) is 2.85. The van der Waals surface area contributed by atoms with Gasteiger partial charge in [-0.1, -0.05) is 55.5 Å². The van der Waals surface area contributed by atoms with Crippen LogP contribution in [-0.4, -0.2) is 41.6 Å². The molecule has 0 spiro atoms. The lowest BCUT2D eigenvalue weighted by Crippen LogP contribution is -2.42. The topological polar surface area (TPSA) is 84.9 Å². The van der Waals surface area contributed by atoms with E-state index in [2.05, 4.69) is 5.32 Å². The Bertz CT molecular complexity index is 1170. The van der Waals surface area contributed by atoms with E-state index in [9.17, 15) is 13.2 Å². The highest BCUT2D eigenvalue weighted by Gasteiger charge is 2.30. The van der Waals surface area contributed by atoms with Crippen molar-refractivity contribution in [3.05, 3.63) is 84.4 Å². The molecule has 0 aliphatic carbocycles. The molecule has 8 heteroatoms. The van der Waals surface area contributed by atoms with Crippen LogP contribution in [0.15, 0.2) is 83.8 Å². The fourth-order valence-electron chi connectivity index (χ4n) is 3.36. The molecule has 1 unspecified atom stereocenters. The Morgan fingerprint density at radius 1 is 0.939 bits per heavy atom. The number of carbonyl (C=O) groups is 1. The van der Waals surface area contributed by atoms with Crippen LogP contribution in [0.25, 0.3) is 0 Å². The molecule has 3 rings (SSSR count). The zero-order chi connectivity index (χ0) is 23.8. The number of rotatable bonds is 10. The van der Waals surface area contributed by atoms with E-state index in [0.717, 1.165) is 9.87 Å². The second kappa shape index (κ2) is 10.9. The van der Waals surface area contributed by atoms with Crippen LogP contribution in [0.4, 0.5) is 5.69 Å². The summed E-state index contributed by atoms with van der Waals surface area (Å²) in [6.07, 6.45) is 0. The molecule has 0 bridgehead atoms. The average Bonchev–Trinajstić information content (AvgIpc) is 2.86. The van der Waals surface area contributed by atoms with Crippen LogP contribution in [0.1, 0.15) is 18.4 Å². The van der Waals surface area contributed by atoms with Crippen LogP contribution >= 0.6 is 0 Å².